The van der Waals surface area contributed by atoms with Gasteiger partial charge in [0.15, 0.2) is 0 Å². The molecule has 2 atom stereocenters. The molecule has 0 aromatic rings. The quantitative estimate of drug-likeness (QED) is 0.717. The number of esters is 1. The summed E-state index contributed by atoms with van der Waals surface area (Å²) in [6.07, 6.45) is 3.27. The van der Waals surface area contributed by atoms with Crippen LogP contribution in [0, 0.1) is 0 Å². The smallest absolute Gasteiger partial charge is 0.324 e. The van der Waals surface area contributed by atoms with E-state index in [0.29, 0.717) is 6.61 Å². The molecule has 16 heavy (non-hydrogen) atoms. The number of carbonyl (C=O) groups is 1. The molecular weight excluding hydrogens is 204 g/mol. The molecule has 0 aliphatic carbocycles. The van der Waals surface area contributed by atoms with Crippen LogP contribution in [0.3, 0.4) is 0 Å². The Bertz CT molecular complexity index is 239. The fourth-order valence-electron chi connectivity index (χ4n) is 2.35. The molecule has 1 heterocycles. The lowest BCUT2D eigenvalue weighted by Crippen LogP contribution is -2.60. The van der Waals surface area contributed by atoms with Gasteiger partial charge in [0.25, 0.3) is 0 Å². The van der Waals surface area contributed by atoms with E-state index in [4.69, 9.17) is 10.5 Å². The van der Waals surface area contributed by atoms with Gasteiger partial charge >= 0.3 is 5.97 Å². The number of likely N-dealkylation sites (tertiary alicyclic amines) is 1. The lowest BCUT2D eigenvalue weighted by Gasteiger charge is -2.41. The lowest BCUT2D eigenvalue weighted by molar-refractivity contribution is -0.148. The summed E-state index contributed by atoms with van der Waals surface area (Å²) in [5, 5.41) is 0. The summed E-state index contributed by atoms with van der Waals surface area (Å²) in [6.45, 7) is 8.43. The highest BCUT2D eigenvalue weighted by atomic mass is 16.5. The van der Waals surface area contributed by atoms with Crippen LogP contribution in [0.15, 0.2) is 0 Å². The highest BCUT2D eigenvalue weighted by Crippen LogP contribution is 2.27. The third-order valence-electron chi connectivity index (χ3n) is 3.75. The van der Waals surface area contributed by atoms with E-state index in [1.807, 2.05) is 6.92 Å². The van der Waals surface area contributed by atoms with Gasteiger partial charge in [-0.2, -0.15) is 0 Å². The molecule has 0 saturated carbocycles. The van der Waals surface area contributed by atoms with E-state index in [2.05, 4.69) is 18.7 Å². The third-order valence-corrected chi connectivity index (χ3v) is 3.75. The Morgan fingerprint density at radius 1 is 1.44 bits per heavy atom. The van der Waals surface area contributed by atoms with Crippen molar-refractivity contribution in [2.45, 2.75) is 51.6 Å². The maximum Gasteiger partial charge on any atom is 0.324 e. The summed E-state index contributed by atoms with van der Waals surface area (Å²) in [6, 6.07) is -0.546. The first-order valence-corrected chi connectivity index (χ1v) is 6.23. The minimum absolute atomic E-state index is 0.261. The number of hydrogen-bond acceptors (Lipinski definition) is 4. The van der Waals surface area contributed by atoms with Crippen LogP contribution < -0.4 is 5.73 Å². The predicted octanol–water partition coefficient (Wildman–Crippen LogP) is 1.14. The maximum atomic E-state index is 11.7. The van der Waals surface area contributed by atoms with Crippen LogP contribution in [0.25, 0.3) is 0 Å². The Morgan fingerprint density at radius 3 is 2.44 bits per heavy atom. The Hall–Kier alpha value is -0.610. The van der Waals surface area contributed by atoms with E-state index in [9.17, 15) is 4.79 Å². The first kappa shape index (κ1) is 13.5. The van der Waals surface area contributed by atoms with Crippen LogP contribution >= 0.6 is 0 Å². The number of nitrogens with zero attached hydrogens (tertiary/aromatic N) is 1. The Labute approximate surface area is 98.1 Å². The summed E-state index contributed by atoms with van der Waals surface area (Å²) < 4.78 is 5.02. The summed E-state index contributed by atoms with van der Waals surface area (Å²) in [7, 11) is 0. The molecule has 2 N–H and O–H groups in total. The molecule has 94 valence electrons. The van der Waals surface area contributed by atoms with Crippen molar-refractivity contribution >= 4 is 5.97 Å². The zero-order valence-electron chi connectivity index (χ0n) is 10.7. The van der Waals surface area contributed by atoms with Gasteiger partial charge in [0.1, 0.15) is 6.04 Å². The molecule has 1 aliphatic heterocycles. The van der Waals surface area contributed by atoms with Crippen LogP contribution in [0.5, 0.6) is 0 Å². The molecule has 1 aliphatic rings. The first-order valence-electron chi connectivity index (χ1n) is 6.23. The number of hydrogen-bond donors (Lipinski definition) is 1. The summed E-state index contributed by atoms with van der Waals surface area (Å²) in [5.41, 5.74) is 5.79. The molecule has 0 bridgehead atoms. The van der Waals surface area contributed by atoms with E-state index in [-0.39, 0.29) is 11.5 Å². The average molecular weight is 228 g/mol. The predicted molar refractivity (Wildman–Crippen MR) is 64.1 cm³/mol. The van der Waals surface area contributed by atoms with E-state index in [1.165, 1.54) is 12.8 Å². The van der Waals surface area contributed by atoms with Gasteiger partial charge in [-0.15, -0.1) is 0 Å². The third kappa shape index (κ3) is 2.55. The molecule has 0 unspecified atom stereocenters. The van der Waals surface area contributed by atoms with Crippen molar-refractivity contribution in [2.24, 2.45) is 5.73 Å². The number of ether oxygens (including phenoxy) is 1. The maximum absolute atomic E-state index is 11.7. The van der Waals surface area contributed by atoms with Crippen molar-refractivity contribution < 1.29 is 9.53 Å². The summed E-state index contributed by atoms with van der Waals surface area (Å²) in [4.78, 5) is 14.1. The second-order valence-corrected chi connectivity index (χ2v) is 4.63. The van der Waals surface area contributed by atoms with Gasteiger partial charge in [0.05, 0.1) is 6.61 Å². The van der Waals surface area contributed by atoms with Crippen molar-refractivity contribution in [3.63, 3.8) is 0 Å². The lowest BCUT2D eigenvalue weighted by atomic mass is 9.88. The van der Waals surface area contributed by atoms with Gasteiger partial charge < -0.3 is 10.5 Å². The zero-order valence-corrected chi connectivity index (χ0v) is 10.7. The first-order chi connectivity index (χ1) is 7.56. The SMILES string of the molecule is CCOC(=O)[C@H](N)[C@@](C)(CC)N1CCCC1. The zero-order chi connectivity index (χ0) is 12.2. The molecule has 1 saturated heterocycles. The molecule has 0 spiro atoms. The molecule has 1 fully saturated rings. The van der Waals surface area contributed by atoms with Crippen LogP contribution in [0.1, 0.15) is 40.0 Å². The second kappa shape index (κ2) is 5.64. The van der Waals surface area contributed by atoms with Gasteiger partial charge in [-0.25, -0.2) is 0 Å². The minimum atomic E-state index is -0.546. The van der Waals surface area contributed by atoms with Gasteiger partial charge in [-0.05, 0) is 46.2 Å². The van der Waals surface area contributed by atoms with Gasteiger partial charge in [0.2, 0.25) is 0 Å². The average Bonchev–Trinajstić information content (AvgIpc) is 2.81. The van der Waals surface area contributed by atoms with Gasteiger partial charge in [0, 0.05) is 5.54 Å². The second-order valence-electron chi connectivity index (χ2n) is 4.63. The van der Waals surface area contributed by atoms with E-state index in [0.717, 1.165) is 19.5 Å². The molecule has 0 aromatic carbocycles. The summed E-state index contributed by atoms with van der Waals surface area (Å²) >= 11 is 0. The fourth-order valence-corrected chi connectivity index (χ4v) is 2.35. The van der Waals surface area contributed by atoms with Gasteiger partial charge in [-0.1, -0.05) is 6.92 Å². The molecule has 4 heteroatoms. The molecule has 0 amide bonds. The van der Waals surface area contributed by atoms with Crippen LogP contribution in [0.2, 0.25) is 0 Å². The highest BCUT2D eigenvalue weighted by Gasteiger charge is 2.41. The van der Waals surface area contributed by atoms with Gasteiger partial charge in [-0.3, -0.25) is 9.69 Å². The topological polar surface area (TPSA) is 55.6 Å². The number of nitrogens with two attached hydrogens (primary N) is 1. The normalized spacial score (nSPS) is 22.8. The molecule has 0 radical (unpaired) electrons. The highest BCUT2D eigenvalue weighted by molar-refractivity contribution is 5.77. The van der Waals surface area contributed by atoms with Crippen LogP contribution in [-0.4, -0.2) is 42.1 Å². The van der Waals surface area contributed by atoms with E-state index < -0.39 is 6.04 Å². The largest absolute Gasteiger partial charge is 0.465 e. The van der Waals surface area contributed by atoms with Crippen LogP contribution in [-0.2, 0) is 9.53 Å². The standard InChI is InChI=1S/C12H24N2O2/c1-4-12(3,14-8-6-7-9-14)10(13)11(15)16-5-2/h10H,4-9,13H2,1-3H3/t10-,12+/m0/s1. The molecular formula is C12H24N2O2. The van der Waals surface area contributed by atoms with Crippen molar-refractivity contribution in [3.8, 4) is 0 Å². The van der Waals surface area contributed by atoms with Crippen molar-refractivity contribution in [1.82, 2.24) is 4.90 Å². The Morgan fingerprint density at radius 2 is 2.00 bits per heavy atom. The van der Waals surface area contributed by atoms with E-state index >= 15 is 0 Å². The molecule has 4 nitrogen and oxygen atoms in total. The number of rotatable bonds is 5. The Balaban J connectivity index is 2.73. The van der Waals surface area contributed by atoms with E-state index in [1.54, 1.807) is 0 Å². The summed E-state index contributed by atoms with van der Waals surface area (Å²) in [5.74, 6) is -0.279. The number of carbonyl (C=O) groups excluding carboxylic acids is 1. The minimum Gasteiger partial charge on any atom is -0.465 e. The van der Waals surface area contributed by atoms with Crippen molar-refractivity contribution in [2.75, 3.05) is 19.7 Å². The monoisotopic (exact) mass is 228 g/mol. The fraction of sp³-hybridized carbons (Fsp3) is 0.917. The Kier molecular flexibility index (Phi) is 4.74. The molecule has 1 rings (SSSR count). The molecule has 0 aromatic heterocycles. The van der Waals surface area contributed by atoms with Crippen molar-refractivity contribution in [3.05, 3.63) is 0 Å². The van der Waals surface area contributed by atoms with Crippen LogP contribution in [0.4, 0.5) is 0 Å². The van der Waals surface area contributed by atoms with Crippen molar-refractivity contribution in [1.29, 1.82) is 0 Å².